The lowest BCUT2D eigenvalue weighted by Crippen LogP contribution is -2.43. The van der Waals surface area contributed by atoms with Crippen molar-refractivity contribution in [1.82, 2.24) is 10.6 Å². The SMILES string of the molecule is CNC(=O)NC(=O)[C@@H](C)OC(=O)COc1ccc(F)cc1. The van der Waals surface area contributed by atoms with E-state index in [0.717, 1.165) is 0 Å². The predicted octanol–water partition coefficient (Wildman–Crippen LogP) is 0.592. The summed E-state index contributed by atoms with van der Waals surface area (Å²) in [6.07, 6.45) is -1.15. The molecule has 1 rings (SSSR count). The Kier molecular flexibility index (Phi) is 6.12. The van der Waals surface area contributed by atoms with Crippen LogP contribution in [0.2, 0.25) is 0 Å². The molecule has 0 unspecified atom stereocenters. The highest BCUT2D eigenvalue weighted by Crippen LogP contribution is 2.10. The third-order valence-corrected chi connectivity index (χ3v) is 2.31. The lowest BCUT2D eigenvalue weighted by Gasteiger charge is -2.13. The van der Waals surface area contributed by atoms with E-state index < -0.39 is 36.4 Å². The lowest BCUT2D eigenvalue weighted by molar-refractivity contribution is -0.156. The molecule has 8 heteroatoms. The summed E-state index contributed by atoms with van der Waals surface area (Å²) in [5.74, 6) is -1.69. The minimum Gasteiger partial charge on any atom is -0.482 e. The van der Waals surface area contributed by atoms with Crippen LogP contribution in [0.4, 0.5) is 9.18 Å². The Morgan fingerprint density at radius 3 is 2.43 bits per heavy atom. The van der Waals surface area contributed by atoms with E-state index >= 15 is 0 Å². The van der Waals surface area contributed by atoms with E-state index in [2.05, 4.69) is 5.32 Å². The second-order valence-corrected chi connectivity index (χ2v) is 3.94. The van der Waals surface area contributed by atoms with Gasteiger partial charge in [-0.25, -0.2) is 14.0 Å². The standard InChI is InChI=1S/C13H15FN2O5/c1-8(12(18)16-13(19)15-2)21-11(17)7-20-10-5-3-9(14)4-6-10/h3-6,8H,7H2,1-2H3,(H2,15,16,18,19)/t8-/m1/s1. The summed E-state index contributed by atoms with van der Waals surface area (Å²) in [4.78, 5) is 33.8. The molecular formula is C13H15FN2O5. The maximum Gasteiger partial charge on any atom is 0.344 e. The summed E-state index contributed by atoms with van der Waals surface area (Å²) in [6.45, 7) is 0.872. The van der Waals surface area contributed by atoms with Gasteiger partial charge < -0.3 is 14.8 Å². The molecule has 1 aromatic rings. The highest BCUT2D eigenvalue weighted by Gasteiger charge is 2.19. The Hall–Kier alpha value is -2.64. The van der Waals surface area contributed by atoms with Crippen LogP contribution in [-0.2, 0) is 14.3 Å². The number of benzene rings is 1. The van der Waals surface area contributed by atoms with Crippen molar-refractivity contribution in [3.63, 3.8) is 0 Å². The summed E-state index contributed by atoms with van der Waals surface area (Å²) in [5.41, 5.74) is 0. The average Bonchev–Trinajstić information content (AvgIpc) is 2.46. The summed E-state index contributed by atoms with van der Waals surface area (Å²) >= 11 is 0. The molecule has 0 saturated heterocycles. The summed E-state index contributed by atoms with van der Waals surface area (Å²) < 4.78 is 22.5. The van der Waals surface area contributed by atoms with Crippen molar-refractivity contribution in [3.8, 4) is 5.75 Å². The molecule has 0 radical (unpaired) electrons. The first kappa shape index (κ1) is 16.4. The van der Waals surface area contributed by atoms with Crippen molar-refractivity contribution in [2.75, 3.05) is 13.7 Å². The van der Waals surface area contributed by atoms with Crippen LogP contribution >= 0.6 is 0 Å². The number of hydrogen-bond donors (Lipinski definition) is 2. The Morgan fingerprint density at radius 1 is 1.24 bits per heavy atom. The number of imide groups is 1. The number of urea groups is 1. The van der Waals surface area contributed by atoms with Crippen LogP contribution in [0.1, 0.15) is 6.92 Å². The maximum absolute atomic E-state index is 12.7. The van der Waals surface area contributed by atoms with Gasteiger partial charge in [0.25, 0.3) is 5.91 Å². The van der Waals surface area contributed by atoms with Gasteiger partial charge in [0.2, 0.25) is 0 Å². The van der Waals surface area contributed by atoms with E-state index in [1.54, 1.807) is 0 Å². The number of esters is 1. The quantitative estimate of drug-likeness (QED) is 0.776. The van der Waals surface area contributed by atoms with Crippen molar-refractivity contribution < 1.29 is 28.2 Å². The van der Waals surface area contributed by atoms with Crippen molar-refractivity contribution in [3.05, 3.63) is 30.1 Å². The van der Waals surface area contributed by atoms with Crippen molar-refractivity contribution >= 4 is 17.9 Å². The molecule has 0 aliphatic carbocycles. The first-order chi connectivity index (χ1) is 9.92. The highest BCUT2D eigenvalue weighted by atomic mass is 19.1. The minimum atomic E-state index is -1.15. The number of carbonyl (C=O) groups excluding carboxylic acids is 3. The molecule has 7 nitrogen and oxygen atoms in total. The van der Waals surface area contributed by atoms with Gasteiger partial charge in [-0.15, -0.1) is 0 Å². The molecular weight excluding hydrogens is 283 g/mol. The van der Waals surface area contributed by atoms with E-state index in [0.29, 0.717) is 0 Å². The van der Waals surface area contributed by atoms with E-state index in [4.69, 9.17) is 9.47 Å². The predicted molar refractivity (Wildman–Crippen MR) is 70.0 cm³/mol. The Balaban J connectivity index is 2.37. The molecule has 1 aromatic carbocycles. The average molecular weight is 298 g/mol. The van der Waals surface area contributed by atoms with Crippen molar-refractivity contribution in [1.29, 1.82) is 0 Å². The van der Waals surface area contributed by atoms with Gasteiger partial charge in [0.1, 0.15) is 11.6 Å². The van der Waals surface area contributed by atoms with Crippen molar-refractivity contribution in [2.45, 2.75) is 13.0 Å². The number of carbonyl (C=O) groups is 3. The molecule has 3 amide bonds. The third-order valence-electron chi connectivity index (χ3n) is 2.31. The van der Waals surface area contributed by atoms with Crippen LogP contribution in [0, 0.1) is 5.82 Å². The van der Waals surface area contributed by atoms with Gasteiger partial charge in [-0.05, 0) is 31.2 Å². The fraction of sp³-hybridized carbons (Fsp3) is 0.308. The second kappa shape index (κ2) is 7.83. The number of hydrogen-bond acceptors (Lipinski definition) is 5. The summed E-state index contributed by atoms with van der Waals surface area (Å²) in [7, 11) is 1.34. The topological polar surface area (TPSA) is 93.7 Å². The second-order valence-electron chi connectivity index (χ2n) is 3.94. The zero-order chi connectivity index (χ0) is 15.8. The molecule has 0 aromatic heterocycles. The molecule has 114 valence electrons. The van der Waals surface area contributed by atoms with E-state index in [9.17, 15) is 18.8 Å². The van der Waals surface area contributed by atoms with Gasteiger partial charge in [-0.1, -0.05) is 0 Å². The van der Waals surface area contributed by atoms with Gasteiger partial charge in [0, 0.05) is 7.05 Å². The Morgan fingerprint density at radius 2 is 1.86 bits per heavy atom. The summed E-state index contributed by atoms with van der Waals surface area (Å²) in [6, 6.07) is 4.36. The van der Waals surface area contributed by atoms with Crippen LogP contribution < -0.4 is 15.4 Å². The fourth-order valence-electron chi connectivity index (χ4n) is 1.23. The van der Waals surface area contributed by atoms with E-state index in [-0.39, 0.29) is 5.75 Å². The van der Waals surface area contributed by atoms with Crippen LogP contribution in [0.5, 0.6) is 5.75 Å². The normalized spacial score (nSPS) is 11.2. The zero-order valence-electron chi connectivity index (χ0n) is 11.5. The number of rotatable bonds is 5. The smallest absolute Gasteiger partial charge is 0.344 e. The summed E-state index contributed by atoms with van der Waals surface area (Å²) in [5, 5.41) is 4.15. The van der Waals surface area contributed by atoms with Gasteiger partial charge in [0.15, 0.2) is 12.7 Å². The van der Waals surface area contributed by atoms with E-state index in [1.807, 2.05) is 5.32 Å². The van der Waals surface area contributed by atoms with E-state index in [1.165, 1.54) is 38.2 Å². The Bertz CT molecular complexity index is 518. The third kappa shape index (κ3) is 5.89. The van der Waals surface area contributed by atoms with Crippen LogP contribution in [-0.4, -0.2) is 37.7 Å². The largest absolute Gasteiger partial charge is 0.482 e. The number of ether oxygens (including phenoxy) is 2. The molecule has 0 aliphatic rings. The molecule has 21 heavy (non-hydrogen) atoms. The molecule has 1 atom stereocenters. The van der Waals surface area contributed by atoms with Gasteiger partial charge in [-0.2, -0.15) is 0 Å². The molecule has 2 N–H and O–H groups in total. The van der Waals surface area contributed by atoms with Crippen molar-refractivity contribution in [2.24, 2.45) is 0 Å². The molecule has 0 saturated carbocycles. The minimum absolute atomic E-state index is 0.288. The Labute approximate surface area is 120 Å². The molecule has 0 spiro atoms. The molecule has 0 heterocycles. The number of halogens is 1. The number of amides is 3. The lowest BCUT2D eigenvalue weighted by atomic mass is 10.3. The monoisotopic (exact) mass is 298 g/mol. The maximum atomic E-state index is 12.7. The first-order valence-electron chi connectivity index (χ1n) is 6.02. The van der Waals surface area contributed by atoms with Gasteiger partial charge in [0.05, 0.1) is 0 Å². The zero-order valence-corrected chi connectivity index (χ0v) is 11.5. The van der Waals surface area contributed by atoms with Crippen LogP contribution in [0.15, 0.2) is 24.3 Å². The molecule has 0 fully saturated rings. The van der Waals surface area contributed by atoms with Crippen LogP contribution in [0.3, 0.4) is 0 Å². The first-order valence-corrected chi connectivity index (χ1v) is 6.02. The number of nitrogens with one attached hydrogen (secondary N) is 2. The fourth-order valence-corrected chi connectivity index (χ4v) is 1.23. The molecule has 0 bridgehead atoms. The van der Waals surface area contributed by atoms with Gasteiger partial charge in [-0.3, -0.25) is 10.1 Å². The molecule has 0 aliphatic heterocycles. The highest BCUT2D eigenvalue weighted by molar-refractivity contribution is 5.97. The van der Waals surface area contributed by atoms with Crippen LogP contribution in [0.25, 0.3) is 0 Å². The van der Waals surface area contributed by atoms with Gasteiger partial charge >= 0.3 is 12.0 Å².